The molecule has 0 saturated carbocycles. The molecule has 2 atom stereocenters. The van der Waals surface area contributed by atoms with Crippen LogP contribution in [0.15, 0.2) is 53.6 Å². The van der Waals surface area contributed by atoms with E-state index in [9.17, 15) is 0 Å². The Morgan fingerprint density at radius 3 is 2.70 bits per heavy atom. The molecule has 20 heavy (non-hydrogen) atoms. The second-order valence-electron chi connectivity index (χ2n) is 5.57. The average Bonchev–Trinajstić information content (AvgIpc) is 2.47. The fourth-order valence-electron chi connectivity index (χ4n) is 2.63. The lowest BCUT2D eigenvalue weighted by molar-refractivity contribution is 0.0459. The van der Waals surface area contributed by atoms with E-state index in [4.69, 9.17) is 11.2 Å². The molecule has 0 aliphatic heterocycles. The number of terminal acetylenes is 1. The standard InChI is InChI=1S/C19H22O/c1-5-17-11-18(14(2)3)12-19(15(17)4)20-13-16-9-7-6-8-10-16/h1,6-10,18-19H,2,11-13H2,3-4H3/t18-,19+/m0/s1. The first kappa shape index (κ1) is 14.6. The highest BCUT2D eigenvalue weighted by Gasteiger charge is 2.27. The molecule has 0 aromatic heterocycles. The van der Waals surface area contributed by atoms with Crippen molar-refractivity contribution < 1.29 is 4.74 Å². The Bertz CT molecular complexity index is 545. The van der Waals surface area contributed by atoms with Crippen molar-refractivity contribution in [3.05, 3.63) is 59.2 Å². The molecular formula is C19H22O. The summed E-state index contributed by atoms with van der Waals surface area (Å²) in [6.45, 7) is 8.88. The average molecular weight is 266 g/mol. The molecule has 0 spiro atoms. The van der Waals surface area contributed by atoms with Crippen LogP contribution in [0.1, 0.15) is 32.3 Å². The third kappa shape index (κ3) is 3.40. The first-order chi connectivity index (χ1) is 9.61. The predicted octanol–water partition coefficient (Wildman–Crippen LogP) is 4.51. The Balaban J connectivity index is 2.09. The van der Waals surface area contributed by atoms with Gasteiger partial charge in [0.25, 0.3) is 0 Å². The van der Waals surface area contributed by atoms with Gasteiger partial charge in [0.1, 0.15) is 0 Å². The topological polar surface area (TPSA) is 9.23 Å². The van der Waals surface area contributed by atoms with Crippen LogP contribution in [0.4, 0.5) is 0 Å². The van der Waals surface area contributed by atoms with E-state index < -0.39 is 0 Å². The van der Waals surface area contributed by atoms with E-state index in [2.05, 4.69) is 38.5 Å². The molecular weight excluding hydrogens is 244 g/mol. The minimum Gasteiger partial charge on any atom is -0.369 e. The molecule has 2 rings (SSSR count). The zero-order chi connectivity index (χ0) is 14.5. The van der Waals surface area contributed by atoms with Crippen molar-refractivity contribution in [2.75, 3.05) is 0 Å². The molecule has 1 nitrogen and oxygen atoms in total. The van der Waals surface area contributed by atoms with Crippen molar-refractivity contribution >= 4 is 0 Å². The second kappa shape index (κ2) is 6.59. The summed E-state index contributed by atoms with van der Waals surface area (Å²) in [4.78, 5) is 0. The van der Waals surface area contributed by atoms with E-state index in [0.29, 0.717) is 12.5 Å². The van der Waals surface area contributed by atoms with E-state index >= 15 is 0 Å². The normalized spacial score (nSPS) is 22.4. The van der Waals surface area contributed by atoms with Crippen molar-refractivity contribution in [2.45, 2.75) is 39.4 Å². The van der Waals surface area contributed by atoms with Crippen LogP contribution in [0.3, 0.4) is 0 Å². The molecule has 1 aromatic rings. The van der Waals surface area contributed by atoms with Crippen molar-refractivity contribution in [2.24, 2.45) is 5.92 Å². The third-order valence-corrected chi connectivity index (χ3v) is 4.07. The quantitative estimate of drug-likeness (QED) is 0.575. The molecule has 0 heterocycles. The van der Waals surface area contributed by atoms with Crippen molar-refractivity contribution in [3.63, 3.8) is 0 Å². The van der Waals surface area contributed by atoms with Gasteiger partial charge in [0.2, 0.25) is 0 Å². The van der Waals surface area contributed by atoms with Gasteiger partial charge in [-0.3, -0.25) is 0 Å². The highest BCUT2D eigenvalue weighted by atomic mass is 16.5. The van der Waals surface area contributed by atoms with Gasteiger partial charge < -0.3 is 4.74 Å². The number of rotatable bonds is 4. The van der Waals surface area contributed by atoms with Gasteiger partial charge in [-0.25, -0.2) is 0 Å². The van der Waals surface area contributed by atoms with Crippen LogP contribution in [0, 0.1) is 18.3 Å². The molecule has 104 valence electrons. The van der Waals surface area contributed by atoms with Crippen molar-refractivity contribution in [1.29, 1.82) is 0 Å². The van der Waals surface area contributed by atoms with Crippen molar-refractivity contribution in [1.82, 2.24) is 0 Å². The number of allylic oxidation sites excluding steroid dienone is 2. The van der Waals surface area contributed by atoms with E-state index in [1.54, 1.807) is 0 Å². The van der Waals surface area contributed by atoms with Gasteiger partial charge in [-0.1, -0.05) is 48.4 Å². The smallest absolute Gasteiger partial charge is 0.0804 e. The number of benzene rings is 1. The zero-order valence-electron chi connectivity index (χ0n) is 12.4. The van der Waals surface area contributed by atoms with Gasteiger partial charge in [0.05, 0.1) is 12.7 Å². The highest BCUT2D eigenvalue weighted by Crippen LogP contribution is 2.34. The van der Waals surface area contributed by atoms with Crippen LogP contribution >= 0.6 is 0 Å². The van der Waals surface area contributed by atoms with Crippen LogP contribution in [-0.2, 0) is 11.3 Å². The van der Waals surface area contributed by atoms with Gasteiger partial charge in [0, 0.05) is 5.57 Å². The van der Waals surface area contributed by atoms with E-state index in [-0.39, 0.29) is 6.10 Å². The summed E-state index contributed by atoms with van der Waals surface area (Å²) in [6.07, 6.45) is 7.66. The van der Waals surface area contributed by atoms with E-state index in [0.717, 1.165) is 18.4 Å². The van der Waals surface area contributed by atoms with Crippen LogP contribution in [-0.4, -0.2) is 6.10 Å². The number of ether oxygens (including phenoxy) is 1. The summed E-state index contributed by atoms with van der Waals surface area (Å²) in [5.41, 5.74) is 4.68. The molecule has 0 fully saturated rings. The summed E-state index contributed by atoms with van der Waals surface area (Å²) >= 11 is 0. The van der Waals surface area contributed by atoms with Crippen LogP contribution in [0.5, 0.6) is 0 Å². The Kier molecular flexibility index (Phi) is 4.82. The largest absolute Gasteiger partial charge is 0.369 e. The van der Waals surface area contributed by atoms with Gasteiger partial charge >= 0.3 is 0 Å². The lowest BCUT2D eigenvalue weighted by Gasteiger charge is -2.31. The predicted molar refractivity (Wildman–Crippen MR) is 84.1 cm³/mol. The summed E-state index contributed by atoms with van der Waals surface area (Å²) in [7, 11) is 0. The van der Waals surface area contributed by atoms with Gasteiger partial charge in [0.15, 0.2) is 0 Å². The Labute approximate surface area is 122 Å². The molecule has 1 aromatic carbocycles. The molecule has 0 amide bonds. The van der Waals surface area contributed by atoms with Crippen LogP contribution in [0.25, 0.3) is 0 Å². The number of hydrogen-bond acceptors (Lipinski definition) is 1. The molecule has 0 bridgehead atoms. The molecule has 1 aliphatic carbocycles. The number of hydrogen-bond donors (Lipinski definition) is 0. The van der Waals surface area contributed by atoms with Crippen LogP contribution < -0.4 is 0 Å². The molecule has 0 N–H and O–H groups in total. The lowest BCUT2D eigenvalue weighted by Crippen LogP contribution is -2.25. The molecule has 0 radical (unpaired) electrons. The third-order valence-electron chi connectivity index (χ3n) is 4.07. The Morgan fingerprint density at radius 2 is 2.10 bits per heavy atom. The van der Waals surface area contributed by atoms with Gasteiger partial charge in [-0.05, 0) is 43.7 Å². The molecule has 0 saturated heterocycles. The first-order valence-electron chi connectivity index (χ1n) is 7.09. The Hall–Kier alpha value is -1.78. The fraction of sp³-hybridized carbons (Fsp3) is 0.368. The minimum atomic E-state index is 0.108. The van der Waals surface area contributed by atoms with Crippen LogP contribution in [0.2, 0.25) is 0 Å². The van der Waals surface area contributed by atoms with E-state index in [1.165, 1.54) is 16.7 Å². The lowest BCUT2D eigenvalue weighted by atomic mass is 9.79. The highest BCUT2D eigenvalue weighted by molar-refractivity contribution is 5.36. The minimum absolute atomic E-state index is 0.108. The SMILES string of the molecule is C#CC1=C(C)[C@H](OCc2ccccc2)C[C@@H](C(=C)C)C1. The van der Waals surface area contributed by atoms with Gasteiger partial charge in [-0.15, -0.1) is 6.42 Å². The summed E-state index contributed by atoms with van der Waals surface area (Å²) in [5.74, 6) is 3.26. The zero-order valence-corrected chi connectivity index (χ0v) is 12.4. The monoisotopic (exact) mass is 266 g/mol. The molecule has 1 aliphatic rings. The Morgan fingerprint density at radius 1 is 1.40 bits per heavy atom. The van der Waals surface area contributed by atoms with Crippen molar-refractivity contribution in [3.8, 4) is 12.3 Å². The van der Waals surface area contributed by atoms with E-state index in [1.807, 2.05) is 18.2 Å². The maximum absolute atomic E-state index is 6.10. The summed E-state index contributed by atoms with van der Waals surface area (Å²) in [5, 5.41) is 0. The maximum Gasteiger partial charge on any atom is 0.0804 e. The van der Waals surface area contributed by atoms with Gasteiger partial charge in [-0.2, -0.15) is 0 Å². The summed E-state index contributed by atoms with van der Waals surface area (Å²) < 4.78 is 6.10. The second-order valence-corrected chi connectivity index (χ2v) is 5.57. The first-order valence-corrected chi connectivity index (χ1v) is 7.09. The summed E-state index contributed by atoms with van der Waals surface area (Å²) in [6, 6.07) is 10.3. The maximum atomic E-state index is 6.10. The molecule has 0 unspecified atom stereocenters. The molecule has 1 heteroatoms. The fourth-order valence-corrected chi connectivity index (χ4v) is 2.63.